The Balaban J connectivity index is 1.46. The molecule has 0 bridgehead atoms. The van der Waals surface area contributed by atoms with Crippen LogP contribution in [-0.4, -0.2) is 88.4 Å². The number of ether oxygens (including phenoxy) is 1. The fourth-order valence-electron chi connectivity index (χ4n) is 4.65. The van der Waals surface area contributed by atoms with Crippen LogP contribution in [0.3, 0.4) is 0 Å². The number of carbonyl (C=O) groups is 3. The number of imide groups is 1. The molecule has 37 heavy (non-hydrogen) atoms. The number of nitrogens with zero attached hydrogens (tertiary/aromatic N) is 4. The van der Waals surface area contributed by atoms with Gasteiger partial charge in [0.2, 0.25) is 11.9 Å². The van der Waals surface area contributed by atoms with Gasteiger partial charge in [0, 0.05) is 0 Å². The molecule has 4 heterocycles. The van der Waals surface area contributed by atoms with Crippen LogP contribution >= 0.6 is 0 Å². The standard InChI is InChI=1S/C23H24N6O8/c1-9(2)14(29-20(35)10-5-3-4-6-11(10)21(29)36)19(34)27-23-25-17-13(18(33)26-23)24-8-28(17)22-16(32)15(31)12(7-30)37-22/h3-6,8-9,12,14-16,22,30-32H,7H2,1-2H3,(H2,25,26,27,33,34)/t12-,14+,15+,16+,22-/m0/s1. The van der Waals surface area contributed by atoms with Crippen LogP contribution in [-0.2, 0) is 9.53 Å². The number of aliphatic hydroxyl groups is 3. The number of benzene rings is 1. The van der Waals surface area contributed by atoms with E-state index in [1.165, 1.54) is 23.0 Å². The number of amides is 3. The van der Waals surface area contributed by atoms with Crippen molar-refractivity contribution in [3.05, 3.63) is 52.1 Å². The molecule has 1 fully saturated rings. The summed E-state index contributed by atoms with van der Waals surface area (Å²) in [6.07, 6.45) is -3.94. The SMILES string of the molecule is CC(C)[C@H](C(=O)Nc1nc2c(ncn2[C@H]2O[C@@H](CO)[C@@H](O)[C@H]2O)c(=O)[nH]1)N1C(=O)c2ccccc2C1=O. The number of aromatic amines is 1. The summed E-state index contributed by atoms with van der Waals surface area (Å²) < 4.78 is 6.69. The van der Waals surface area contributed by atoms with E-state index in [2.05, 4.69) is 20.3 Å². The fraction of sp³-hybridized carbons (Fsp3) is 0.391. The van der Waals surface area contributed by atoms with Gasteiger partial charge in [-0.2, -0.15) is 4.98 Å². The number of aliphatic hydroxyl groups excluding tert-OH is 3. The van der Waals surface area contributed by atoms with Gasteiger partial charge in [-0.1, -0.05) is 26.0 Å². The maximum atomic E-state index is 13.3. The number of anilines is 1. The first-order chi connectivity index (χ1) is 17.6. The number of H-pyrrole nitrogens is 1. The molecule has 5 N–H and O–H groups in total. The lowest BCUT2D eigenvalue weighted by atomic mass is 10.0. The molecule has 5 rings (SSSR count). The van der Waals surface area contributed by atoms with E-state index in [-0.39, 0.29) is 28.2 Å². The lowest BCUT2D eigenvalue weighted by Gasteiger charge is -2.28. The molecule has 0 saturated carbocycles. The number of carbonyl (C=O) groups excluding carboxylic acids is 3. The second-order valence-corrected chi connectivity index (χ2v) is 9.17. The Morgan fingerprint density at radius 2 is 1.78 bits per heavy atom. The third-order valence-corrected chi connectivity index (χ3v) is 6.47. The van der Waals surface area contributed by atoms with Gasteiger partial charge in [0.05, 0.1) is 24.1 Å². The highest BCUT2D eigenvalue weighted by Crippen LogP contribution is 2.31. The predicted octanol–water partition coefficient (Wildman–Crippen LogP) is -1.01. The van der Waals surface area contributed by atoms with Gasteiger partial charge in [-0.15, -0.1) is 0 Å². The molecule has 1 saturated heterocycles. The third-order valence-electron chi connectivity index (χ3n) is 6.47. The Labute approximate surface area is 208 Å². The van der Waals surface area contributed by atoms with E-state index in [4.69, 9.17) is 4.74 Å². The molecule has 0 radical (unpaired) electrons. The summed E-state index contributed by atoms with van der Waals surface area (Å²) in [5.74, 6) is -2.74. The smallest absolute Gasteiger partial charge is 0.280 e. The van der Waals surface area contributed by atoms with Gasteiger partial charge in [0.1, 0.15) is 24.4 Å². The molecule has 194 valence electrons. The zero-order valence-corrected chi connectivity index (χ0v) is 19.7. The maximum Gasteiger partial charge on any atom is 0.280 e. The Morgan fingerprint density at radius 1 is 1.14 bits per heavy atom. The van der Waals surface area contributed by atoms with Gasteiger partial charge in [0.15, 0.2) is 17.4 Å². The summed E-state index contributed by atoms with van der Waals surface area (Å²) in [6.45, 7) is 2.79. The van der Waals surface area contributed by atoms with Crippen molar-refractivity contribution in [1.82, 2.24) is 24.4 Å². The molecule has 5 atom stereocenters. The topological polar surface area (TPSA) is 200 Å². The maximum absolute atomic E-state index is 13.3. The molecular weight excluding hydrogens is 488 g/mol. The van der Waals surface area contributed by atoms with E-state index in [0.29, 0.717) is 0 Å². The Hall–Kier alpha value is -3.98. The molecular formula is C23H24N6O8. The number of aromatic nitrogens is 4. The van der Waals surface area contributed by atoms with Crippen molar-refractivity contribution in [1.29, 1.82) is 0 Å². The van der Waals surface area contributed by atoms with Crippen LogP contribution in [0.5, 0.6) is 0 Å². The van der Waals surface area contributed by atoms with Gasteiger partial charge < -0.3 is 20.1 Å². The average molecular weight is 512 g/mol. The summed E-state index contributed by atoms with van der Waals surface area (Å²) in [5.41, 5.74) is -0.526. The second-order valence-electron chi connectivity index (χ2n) is 9.17. The lowest BCUT2D eigenvalue weighted by Crippen LogP contribution is -2.50. The third kappa shape index (κ3) is 3.90. The largest absolute Gasteiger partial charge is 0.394 e. The van der Waals surface area contributed by atoms with Crippen molar-refractivity contribution in [2.24, 2.45) is 5.92 Å². The molecule has 14 heteroatoms. The minimum atomic E-state index is -1.45. The Bertz CT molecular complexity index is 1430. The average Bonchev–Trinajstić information content (AvgIpc) is 3.49. The van der Waals surface area contributed by atoms with E-state index in [9.17, 15) is 34.5 Å². The van der Waals surface area contributed by atoms with Gasteiger partial charge in [-0.3, -0.25) is 38.9 Å². The zero-order valence-electron chi connectivity index (χ0n) is 19.7. The fourth-order valence-corrected chi connectivity index (χ4v) is 4.65. The lowest BCUT2D eigenvalue weighted by molar-refractivity contribution is -0.121. The van der Waals surface area contributed by atoms with Gasteiger partial charge >= 0.3 is 0 Å². The first-order valence-corrected chi connectivity index (χ1v) is 11.5. The highest BCUT2D eigenvalue weighted by molar-refractivity contribution is 6.23. The number of rotatable bonds is 6. The minimum absolute atomic E-state index is 0.0734. The molecule has 3 aromatic rings. The summed E-state index contributed by atoms with van der Waals surface area (Å²) in [6, 6.07) is 5.06. The number of imidazole rings is 1. The van der Waals surface area contributed by atoms with Crippen LogP contribution in [0.4, 0.5) is 5.95 Å². The van der Waals surface area contributed by atoms with Crippen molar-refractivity contribution in [3.8, 4) is 0 Å². The normalized spacial score (nSPS) is 24.2. The minimum Gasteiger partial charge on any atom is -0.394 e. The molecule has 2 aliphatic rings. The quantitative estimate of drug-likeness (QED) is 0.255. The van der Waals surface area contributed by atoms with Crippen LogP contribution in [0.1, 0.15) is 40.8 Å². The van der Waals surface area contributed by atoms with Crippen molar-refractivity contribution in [2.45, 2.75) is 44.4 Å². The van der Waals surface area contributed by atoms with Gasteiger partial charge in [-0.05, 0) is 18.1 Å². The molecule has 0 unspecified atom stereocenters. The van der Waals surface area contributed by atoms with Gasteiger partial charge in [-0.25, -0.2) is 4.98 Å². The van der Waals surface area contributed by atoms with Crippen molar-refractivity contribution >= 4 is 34.8 Å². The summed E-state index contributed by atoms with van der Waals surface area (Å²) in [5, 5.41) is 32.3. The molecule has 1 aromatic carbocycles. The molecule has 2 aliphatic heterocycles. The van der Waals surface area contributed by atoms with E-state index in [0.717, 1.165) is 4.90 Å². The van der Waals surface area contributed by atoms with E-state index in [1.54, 1.807) is 26.0 Å². The van der Waals surface area contributed by atoms with Gasteiger partial charge in [0.25, 0.3) is 17.4 Å². The summed E-state index contributed by atoms with van der Waals surface area (Å²) >= 11 is 0. The molecule has 2 aromatic heterocycles. The van der Waals surface area contributed by atoms with Crippen LogP contribution < -0.4 is 10.9 Å². The predicted molar refractivity (Wildman–Crippen MR) is 125 cm³/mol. The first-order valence-electron chi connectivity index (χ1n) is 11.5. The van der Waals surface area contributed by atoms with Crippen LogP contribution in [0.25, 0.3) is 11.2 Å². The van der Waals surface area contributed by atoms with Crippen molar-refractivity contribution < 1.29 is 34.4 Å². The zero-order chi connectivity index (χ0) is 26.6. The number of hydrogen-bond acceptors (Lipinski definition) is 10. The monoisotopic (exact) mass is 512 g/mol. The molecule has 0 aliphatic carbocycles. The van der Waals surface area contributed by atoms with E-state index < -0.39 is 66.4 Å². The van der Waals surface area contributed by atoms with Crippen molar-refractivity contribution in [3.63, 3.8) is 0 Å². The van der Waals surface area contributed by atoms with Crippen molar-refractivity contribution in [2.75, 3.05) is 11.9 Å². The van der Waals surface area contributed by atoms with E-state index in [1.807, 2.05) is 0 Å². The van der Waals surface area contributed by atoms with Crippen LogP contribution in [0, 0.1) is 5.92 Å². The Kier molecular flexibility index (Phi) is 6.11. The summed E-state index contributed by atoms with van der Waals surface area (Å²) in [4.78, 5) is 63.4. The number of fused-ring (bicyclic) bond motifs is 2. The number of nitrogens with one attached hydrogen (secondary N) is 2. The second kappa shape index (κ2) is 9.15. The van der Waals surface area contributed by atoms with E-state index >= 15 is 0 Å². The number of hydrogen-bond donors (Lipinski definition) is 5. The molecule has 0 spiro atoms. The molecule has 14 nitrogen and oxygen atoms in total. The molecule has 3 amide bonds. The summed E-state index contributed by atoms with van der Waals surface area (Å²) in [7, 11) is 0. The first kappa shape index (κ1) is 24.7. The van der Waals surface area contributed by atoms with Crippen LogP contribution in [0.15, 0.2) is 35.4 Å². The van der Waals surface area contributed by atoms with Crippen LogP contribution in [0.2, 0.25) is 0 Å². The highest BCUT2D eigenvalue weighted by Gasteiger charge is 2.45. The highest BCUT2D eigenvalue weighted by atomic mass is 16.6. The Morgan fingerprint density at radius 3 is 2.35 bits per heavy atom.